The first kappa shape index (κ1) is 40.0. The predicted octanol–water partition coefficient (Wildman–Crippen LogP) is 3.54. The van der Waals surface area contributed by atoms with Crippen LogP contribution in [0.2, 0.25) is 0 Å². The van der Waals surface area contributed by atoms with Crippen molar-refractivity contribution in [2.75, 3.05) is 37.0 Å². The first-order valence-electron chi connectivity index (χ1n) is 16.2. The molecule has 12 heteroatoms. The summed E-state index contributed by atoms with van der Waals surface area (Å²) in [6.07, 6.45) is 8.41. The molecule has 0 aliphatic heterocycles. The number of benzene rings is 4. The molecule has 260 valence electrons. The molecule has 0 saturated heterocycles. The Bertz CT molecular complexity index is 2060. The van der Waals surface area contributed by atoms with Crippen LogP contribution in [0.25, 0.3) is 5.57 Å². The van der Waals surface area contributed by atoms with E-state index in [4.69, 9.17) is 0 Å². The second-order valence-corrected chi connectivity index (χ2v) is 15.0. The molecule has 0 spiro atoms. The van der Waals surface area contributed by atoms with E-state index in [9.17, 15) is 25.9 Å². The van der Waals surface area contributed by atoms with Crippen molar-refractivity contribution >= 4 is 42.9 Å². The molecule has 0 fully saturated rings. The first-order valence-corrected chi connectivity index (χ1v) is 19.1. The summed E-state index contributed by atoms with van der Waals surface area (Å²) < 4.78 is 69.7. The fourth-order valence-electron chi connectivity index (χ4n) is 5.92. The Labute approximate surface area is 323 Å². The summed E-state index contributed by atoms with van der Waals surface area (Å²) >= 11 is 0. The summed E-state index contributed by atoms with van der Waals surface area (Å²) in [5, 5.41) is 0. The van der Waals surface area contributed by atoms with Crippen LogP contribution in [0.3, 0.4) is 0 Å². The Morgan fingerprint density at radius 1 is 0.667 bits per heavy atom. The molecule has 0 saturated carbocycles. The van der Waals surface area contributed by atoms with Crippen LogP contribution in [0, 0.1) is 0 Å². The van der Waals surface area contributed by atoms with Crippen molar-refractivity contribution < 1.29 is 60.1 Å². The second kappa shape index (κ2) is 17.1. The van der Waals surface area contributed by atoms with Gasteiger partial charge in [0.25, 0.3) is 10.1 Å². The van der Waals surface area contributed by atoms with Crippen LogP contribution in [0.4, 0.5) is 11.4 Å². The third-order valence-corrected chi connectivity index (χ3v) is 10.3. The summed E-state index contributed by atoms with van der Waals surface area (Å²) in [6.45, 7) is 6.33. The number of rotatable bonds is 12. The monoisotopic (exact) mass is 734 g/mol. The molecule has 9 nitrogen and oxygen atoms in total. The Kier molecular flexibility index (Phi) is 13.4. The summed E-state index contributed by atoms with van der Waals surface area (Å²) in [6, 6.07) is 29.1. The van der Waals surface area contributed by atoms with Crippen LogP contribution in [0.1, 0.15) is 36.1 Å². The molecule has 1 aliphatic rings. The number of hydrogen-bond acceptors (Lipinski definition) is 7. The average molecular weight is 735 g/mol. The molecular formula is C39H41N3NaO6S2+. The second-order valence-electron chi connectivity index (χ2n) is 12.2. The standard InChI is InChI=1S/C39H41N3O6S2.Na/c1-5-41(27-29-9-7-11-37(25-29)49(43,44)45)35-21-15-32(16-22-35)39(31-13-19-34(20-14-31)40(3)4)33-17-23-36(24-18-33)42(6-2)28-30-10-8-12-38(26-30)50(46,47)48;/h7-26H,5-6,27-28H2,1-4H3,(H-,43,44,45,46,47,48);/q;+1. The van der Waals surface area contributed by atoms with E-state index in [2.05, 4.69) is 87.2 Å². The molecule has 4 aromatic rings. The maximum absolute atomic E-state index is 11.7. The van der Waals surface area contributed by atoms with Gasteiger partial charge in [-0.3, -0.25) is 4.55 Å². The van der Waals surface area contributed by atoms with E-state index < -0.39 is 20.2 Å². The van der Waals surface area contributed by atoms with E-state index in [0.717, 1.165) is 50.5 Å². The molecule has 5 rings (SSSR count). The smallest absolute Gasteiger partial charge is 0.744 e. The van der Waals surface area contributed by atoms with Crippen molar-refractivity contribution in [1.29, 1.82) is 0 Å². The van der Waals surface area contributed by atoms with Crippen LogP contribution in [-0.4, -0.2) is 63.4 Å². The van der Waals surface area contributed by atoms with Gasteiger partial charge in [-0.2, -0.15) is 8.42 Å². The maximum atomic E-state index is 11.7. The minimum Gasteiger partial charge on any atom is -0.744 e. The molecule has 1 N–H and O–H groups in total. The third kappa shape index (κ3) is 10.2. The van der Waals surface area contributed by atoms with Gasteiger partial charge >= 0.3 is 29.6 Å². The molecule has 0 atom stereocenters. The van der Waals surface area contributed by atoms with E-state index in [1.54, 1.807) is 12.1 Å². The van der Waals surface area contributed by atoms with Gasteiger partial charge in [-0.25, -0.2) is 13.0 Å². The zero-order valence-electron chi connectivity index (χ0n) is 29.5. The minimum atomic E-state index is -4.54. The normalized spacial score (nSPS) is 12.7. The molecule has 4 aromatic carbocycles. The molecule has 0 aromatic heterocycles. The molecule has 51 heavy (non-hydrogen) atoms. The largest absolute Gasteiger partial charge is 1.00 e. The molecule has 1 aliphatic carbocycles. The predicted molar refractivity (Wildman–Crippen MR) is 198 cm³/mol. The fraction of sp³-hybridized carbons (Fsp3) is 0.205. The Hall–Kier alpha value is -3.81. The van der Waals surface area contributed by atoms with E-state index in [1.807, 2.05) is 40.1 Å². The van der Waals surface area contributed by atoms with Gasteiger partial charge in [-0.05, 0) is 108 Å². The quantitative estimate of drug-likeness (QED) is 0.133. The summed E-state index contributed by atoms with van der Waals surface area (Å²) in [7, 11) is -4.83. The van der Waals surface area contributed by atoms with E-state index in [0.29, 0.717) is 26.2 Å². The maximum Gasteiger partial charge on any atom is 1.00 e. The van der Waals surface area contributed by atoms with Crippen molar-refractivity contribution in [3.63, 3.8) is 0 Å². The average Bonchev–Trinajstić information content (AvgIpc) is 3.10. The van der Waals surface area contributed by atoms with E-state index in [1.165, 1.54) is 24.3 Å². The van der Waals surface area contributed by atoms with E-state index in [-0.39, 0.29) is 39.3 Å². The van der Waals surface area contributed by atoms with Crippen molar-refractivity contribution in [3.8, 4) is 0 Å². The van der Waals surface area contributed by atoms with Gasteiger partial charge in [-0.15, -0.1) is 0 Å². The van der Waals surface area contributed by atoms with Gasteiger partial charge in [0, 0.05) is 49.7 Å². The van der Waals surface area contributed by atoms with Crippen LogP contribution in [0.15, 0.2) is 137 Å². The topological polar surface area (TPSA) is 121 Å². The fourth-order valence-corrected chi connectivity index (χ4v) is 7.01. The zero-order valence-corrected chi connectivity index (χ0v) is 33.2. The summed E-state index contributed by atoms with van der Waals surface area (Å²) in [4.78, 5) is 3.89. The van der Waals surface area contributed by atoms with Gasteiger partial charge in [-0.1, -0.05) is 48.5 Å². The van der Waals surface area contributed by atoms with Crippen molar-refractivity contribution in [1.82, 2.24) is 0 Å². The molecule has 0 unspecified atom stereocenters. The van der Waals surface area contributed by atoms with Gasteiger partial charge in [0.15, 0.2) is 5.71 Å². The minimum absolute atomic E-state index is 0. The number of allylic oxidation sites excluding steroid dienone is 5. The number of nitrogens with zero attached hydrogens (tertiary/aromatic N) is 3. The van der Waals surface area contributed by atoms with Crippen LogP contribution in [0.5, 0.6) is 0 Å². The van der Waals surface area contributed by atoms with Crippen molar-refractivity contribution in [3.05, 3.63) is 149 Å². The number of anilines is 2. The zero-order chi connectivity index (χ0) is 36.1. The van der Waals surface area contributed by atoms with Crippen molar-refractivity contribution in [2.24, 2.45) is 0 Å². The molecule has 0 radical (unpaired) electrons. The van der Waals surface area contributed by atoms with Gasteiger partial charge in [0.1, 0.15) is 24.2 Å². The van der Waals surface area contributed by atoms with Crippen LogP contribution >= 0.6 is 0 Å². The summed E-state index contributed by atoms with van der Waals surface area (Å²) in [5.41, 5.74) is 8.65. The van der Waals surface area contributed by atoms with Crippen molar-refractivity contribution in [2.45, 2.75) is 36.7 Å². The first-order chi connectivity index (χ1) is 23.8. The van der Waals surface area contributed by atoms with Gasteiger partial charge in [0.05, 0.1) is 9.79 Å². The molecule has 0 heterocycles. The summed E-state index contributed by atoms with van der Waals surface area (Å²) in [5.74, 6) is 0. The third-order valence-electron chi connectivity index (χ3n) is 8.61. The SMILES string of the molecule is CCN(Cc1cccc(S(=O)(=O)[O-])c1)c1ccc(C(=C2C=CC(=[N+](C)C)C=C2)c2ccc(N(CC)Cc3cccc(S(=O)(=O)O)c3)cc2)cc1.[Na+]. The van der Waals surface area contributed by atoms with Gasteiger partial charge in [0.2, 0.25) is 0 Å². The molecule has 0 bridgehead atoms. The molecule has 0 amide bonds. The van der Waals surface area contributed by atoms with Crippen LogP contribution < -0.4 is 39.4 Å². The van der Waals surface area contributed by atoms with Gasteiger partial charge < -0.3 is 14.4 Å². The van der Waals surface area contributed by atoms with Crippen LogP contribution in [-0.2, 0) is 33.3 Å². The molecular weight excluding hydrogens is 694 g/mol. The Balaban J connectivity index is 0.00000583. The number of hydrogen-bond donors (Lipinski definition) is 1. The Morgan fingerprint density at radius 3 is 1.49 bits per heavy atom. The Morgan fingerprint density at radius 2 is 1.10 bits per heavy atom. The van der Waals surface area contributed by atoms with E-state index >= 15 is 0 Å².